The van der Waals surface area contributed by atoms with Gasteiger partial charge in [-0.05, 0) is 43.3 Å². The Kier molecular flexibility index (Phi) is 7.47. The molecule has 0 saturated carbocycles. The average molecular weight is 499 g/mol. The van der Waals surface area contributed by atoms with Gasteiger partial charge < -0.3 is 24.4 Å². The number of carbonyl (C=O) groups is 2. The molecule has 1 fully saturated rings. The summed E-state index contributed by atoms with van der Waals surface area (Å²) >= 11 is 6.08. The highest BCUT2D eigenvalue weighted by Crippen LogP contribution is 2.28. The first-order chi connectivity index (χ1) is 16.8. The van der Waals surface area contributed by atoms with Crippen molar-refractivity contribution in [2.24, 2.45) is 0 Å². The van der Waals surface area contributed by atoms with Crippen LogP contribution in [0.4, 0.5) is 10.5 Å². The molecule has 1 N–H and O–H groups in total. The van der Waals surface area contributed by atoms with Crippen LogP contribution in [0.2, 0.25) is 5.02 Å². The lowest BCUT2D eigenvalue weighted by molar-refractivity contribution is 0.0827. The molecule has 0 atom stereocenters. The fourth-order valence-electron chi connectivity index (χ4n) is 4.33. The van der Waals surface area contributed by atoms with Gasteiger partial charge in [-0.3, -0.25) is 9.69 Å². The van der Waals surface area contributed by atoms with Gasteiger partial charge >= 0.3 is 6.03 Å². The number of hydrogen-bond donors (Lipinski definition) is 1. The van der Waals surface area contributed by atoms with Crippen LogP contribution in [-0.4, -0.2) is 83.6 Å². The van der Waals surface area contributed by atoms with Crippen LogP contribution in [0, 0.1) is 0 Å². The number of benzene rings is 2. The smallest absolute Gasteiger partial charge is 0.322 e. The molecule has 0 unspecified atom stereocenters. The molecule has 9 nitrogen and oxygen atoms in total. The number of rotatable bonds is 6. The molecule has 10 heteroatoms. The molecule has 3 amide bonds. The van der Waals surface area contributed by atoms with Gasteiger partial charge in [-0.1, -0.05) is 11.6 Å². The molecule has 1 aromatic heterocycles. The molecular formula is C25H31ClN6O3. The number of halogens is 1. The molecule has 4 rings (SSSR count). The van der Waals surface area contributed by atoms with Crippen LogP contribution in [0.3, 0.4) is 0 Å². The van der Waals surface area contributed by atoms with Gasteiger partial charge in [-0.15, -0.1) is 0 Å². The molecule has 0 radical (unpaired) electrons. The Morgan fingerprint density at radius 1 is 1.11 bits per heavy atom. The van der Waals surface area contributed by atoms with Crippen molar-refractivity contribution in [3.63, 3.8) is 0 Å². The van der Waals surface area contributed by atoms with E-state index in [0.29, 0.717) is 41.7 Å². The highest BCUT2D eigenvalue weighted by molar-refractivity contribution is 6.31. The summed E-state index contributed by atoms with van der Waals surface area (Å²) in [7, 11) is 5.05. The van der Waals surface area contributed by atoms with Crippen molar-refractivity contribution in [1.29, 1.82) is 0 Å². The van der Waals surface area contributed by atoms with E-state index in [4.69, 9.17) is 21.3 Å². The molecule has 0 spiro atoms. The normalized spacial score (nSPS) is 14.3. The fourth-order valence-corrected chi connectivity index (χ4v) is 4.50. The van der Waals surface area contributed by atoms with Gasteiger partial charge in [0, 0.05) is 57.4 Å². The molecule has 1 saturated heterocycles. The van der Waals surface area contributed by atoms with Gasteiger partial charge in [0.1, 0.15) is 11.6 Å². The Morgan fingerprint density at radius 3 is 2.51 bits per heavy atom. The number of hydrogen-bond acceptors (Lipinski definition) is 5. The minimum Gasteiger partial charge on any atom is -0.495 e. The van der Waals surface area contributed by atoms with Crippen LogP contribution >= 0.6 is 11.6 Å². The van der Waals surface area contributed by atoms with Gasteiger partial charge in [0.25, 0.3) is 5.91 Å². The molecule has 0 bridgehead atoms. The highest BCUT2D eigenvalue weighted by atomic mass is 35.5. The first-order valence-electron chi connectivity index (χ1n) is 11.6. The number of aromatic nitrogens is 2. The number of ether oxygens (including phenoxy) is 1. The van der Waals surface area contributed by atoms with Crippen molar-refractivity contribution < 1.29 is 14.3 Å². The molecule has 0 aliphatic carbocycles. The summed E-state index contributed by atoms with van der Waals surface area (Å²) in [5.74, 6) is 1.48. The number of fused-ring (bicyclic) bond motifs is 1. The molecule has 1 aliphatic rings. The second-order valence-corrected chi connectivity index (χ2v) is 9.15. The number of nitrogens with zero attached hydrogens (tertiary/aromatic N) is 5. The van der Waals surface area contributed by atoms with E-state index in [9.17, 15) is 9.59 Å². The lowest BCUT2D eigenvalue weighted by Crippen LogP contribution is -2.49. The number of aryl methyl sites for hydroxylation is 1. The maximum Gasteiger partial charge on any atom is 0.322 e. The Hall–Kier alpha value is -3.30. The highest BCUT2D eigenvalue weighted by Gasteiger charge is 2.24. The van der Waals surface area contributed by atoms with Crippen molar-refractivity contribution in [3.8, 4) is 5.75 Å². The number of imidazole rings is 1. The molecule has 3 aromatic rings. The predicted octanol–water partition coefficient (Wildman–Crippen LogP) is 3.77. The Balaban J connectivity index is 1.41. The minimum absolute atomic E-state index is 0.0377. The number of carbonyl (C=O) groups excluding carboxylic acids is 2. The molecule has 186 valence electrons. The van der Waals surface area contributed by atoms with Crippen LogP contribution in [0.25, 0.3) is 11.0 Å². The van der Waals surface area contributed by atoms with E-state index in [1.165, 1.54) is 0 Å². The number of anilines is 1. The molecule has 35 heavy (non-hydrogen) atoms. The van der Waals surface area contributed by atoms with Crippen molar-refractivity contribution in [2.75, 3.05) is 52.7 Å². The van der Waals surface area contributed by atoms with Gasteiger partial charge in [-0.25, -0.2) is 9.78 Å². The van der Waals surface area contributed by atoms with E-state index in [2.05, 4.69) is 21.7 Å². The predicted molar refractivity (Wildman–Crippen MR) is 137 cm³/mol. The molecule has 2 heterocycles. The third kappa shape index (κ3) is 5.36. The topological polar surface area (TPSA) is 82.9 Å². The van der Waals surface area contributed by atoms with E-state index < -0.39 is 0 Å². The molecular weight excluding hydrogens is 468 g/mol. The zero-order chi connectivity index (χ0) is 25.1. The lowest BCUT2D eigenvalue weighted by atomic mass is 10.2. The average Bonchev–Trinajstić information content (AvgIpc) is 3.20. The first-order valence-corrected chi connectivity index (χ1v) is 12.0. The van der Waals surface area contributed by atoms with Gasteiger partial charge in [0.05, 0.1) is 30.4 Å². The quantitative estimate of drug-likeness (QED) is 0.559. The summed E-state index contributed by atoms with van der Waals surface area (Å²) in [5.41, 5.74) is 3.02. The summed E-state index contributed by atoms with van der Waals surface area (Å²) in [6, 6.07) is 10.6. The van der Waals surface area contributed by atoms with Crippen LogP contribution in [0.1, 0.15) is 23.1 Å². The van der Waals surface area contributed by atoms with E-state index in [-0.39, 0.29) is 11.9 Å². The summed E-state index contributed by atoms with van der Waals surface area (Å²) in [6.45, 7) is 6.23. The SMILES string of the molecule is CCn1c(CN2CCN(C(=O)Nc3cc(Cl)ccc3OC)CC2)nc2cc(C(=O)N(C)C)ccc21. The van der Waals surface area contributed by atoms with Crippen LogP contribution < -0.4 is 10.1 Å². The standard InChI is InChI=1S/C25H31ClN6O3/c1-5-32-21-8-6-17(24(33)29(2)3)14-19(21)27-23(32)16-30-10-12-31(13-11-30)25(34)28-20-15-18(26)7-9-22(20)35-4/h6-9,14-15H,5,10-13,16H2,1-4H3,(H,28,34). The van der Waals surface area contributed by atoms with E-state index in [1.807, 2.05) is 18.2 Å². The second-order valence-electron chi connectivity index (χ2n) is 8.71. The Morgan fingerprint density at radius 2 is 1.86 bits per heavy atom. The summed E-state index contributed by atoms with van der Waals surface area (Å²) in [5, 5.41) is 3.44. The monoisotopic (exact) mass is 498 g/mol. The van der Waals surface area contributed by atoms with Crippen molar-refractivity contribution in [1.82, 2.24) is 24.3 Å². The van der Waals surface area contributed by atoms with Crippen molar-refractivity contribution in [2.45, 2.75) is 20.0 Å². The van der Waals surface area contributed by atoms with E-state index in [1.54, 1.807) is 49.2 Å². The van der Waals surface area contributed by atoms with Gasteiger partial charge in [-0.2, -0.15) is 0 Å². The molecule has 1 aliphatic heterocycles. The third-order valence-electron chi connectivity index (χ3n) is 6.22. The fraction of sp³-hybridized carbons (Fsp3) is 0.400. The zero-order valence-corrected chi connectivity index (χ0v) is 21.3. The second kappa shape index (κ2) is 10.5. The zero-order valence-electron chi connectivity index (χ0n) is 20.5. The first kappa shape index (κ1) is 24.8. The van der Waals surface area contributed by atoms with E-state index >= 15 is 0 Å². The summed E-state index contributed by atoms with van der Waals surface area (Å²) in [4.78, 5) is 35.7. The van der Waals surface area contributed by atoms with Crippen molar-refractivity contribution >= 4 is 40.3 Å². The summed E-state index contributed by atoms with van der Waals surface area (Å²) in [6.07, 6.45) is 0. The van der Waals surface area contributed by atoms with Crippen LogP contribution in [-0.2, 0) is 13.1 Å². The van der Waals surface area contributed by atoms with Crippen LogP contribution in [0.15, 0.2) is 36.4 Å². The van der Waals surface area contributed by atoms with Crippen LogP contribution in [0.5, 0.6) is 5.75 Å². The number of urea groups is 1. The number of methoxy groups -OCH3 is 1. The van der Waals surface area contributed by atoms with E-state index in [0.717, 1.165) is 36.5 Å². The third-order valence-corrected chi connectivity index (χ3v) is 6.46. The number of amides is 3. The number of piperazine rings is 1. The Labute approximate surface area is 210 Å². The van der Waals surface area contributed by atoms with Crippen molar-refractivity contribution in [3.05, 3.63) is 52.8 Å². The number of nitrogens with one attached hydrogen (secondary N) is 1. The maximum absolute atomic E-state index is 12.8. The van der Waals surface area contributed by atoms with Gasteiger partial charge in [0.2, 0.25) is 0 Å². The molecule has 2 aromatic carbocycles. The Bertz CT molecular complexity index is 1230. The lowest BCUT2D eigenvalue weighted by Gasteiger charge is -2.34. The van der Waals surface area contributed by atoms with Gasteiger partial charge in [0.15, 0.2) is 0 Å². The maximum atomic E-state index is 12.8. The summed E-state index contributed by atoms with van der Waals surface area (Å²) < 4.78 is 7.50. The minimum atomic E-state index is -0.177. The largest absolute Gasteiger partial charge is 0.495 e.